The molecular weight excluding hydrogens is 205 g/mol. The molecule has 5 nitrogen and oxygen atoms in total. The second-order valence-electron chi connectivity index (χ2n) is 0.408. The van der Waals surface area contributed by atoms with Crippen molar-refractivity contribution in [1.29, 1.82) is 0 Å². The van der Waals surface area contributed by atoms with Gasteiger partial charge in [0.1, 0.15) is 0 Å². The van der Waals surface area contributed by atoms with Crippen LogP contribution in [-0.4, -0.2) is 17.5 Å². The fourth-order valence-corrected chi connectivity index (χ4v) is 0. The largest absolute Gasteiger partial charge is 2.00 e. The van der Waals surface area contributed by atoms with Crippen molar-refractivity contribution in [2.45, 2.75) is 0 Å². The standard InChI is InChI=1S/Nb.H2O4S.O/c;1-5(2,3)4;/h;(H2,1,2,3,4);/q;;-2/p-2. The Labute approximate surface area is 56.1 Å². The first-order valence-electron chi connectivity index (χ1n) is 0.667. The van der Waals surface area contributed by atoms with Gasteiger partial charge in [0.2, 0.25) is 0 Å². The van der Waals surface area contributed by atoms with E-state index < -0.39 is 10.4 Å². The number of rotatable bonds is 0. The molecule has 0 heterocycles. The molecule has 0 fully saturated rings. The third-order valence-corrected chi connectivity index (χ3v) is 0. The zero-order valence-corrected chi connectivity index (χ0v) is 5.91. The van der Waals surface area contributed by atoms with Gasteiger partial charge in [-0.3, -0.25) is 8.42 Å². The van der Waals surface area contributed by atoms with Crippen LogP contribution >= 0.6 is 0 Å². The summed E-state index contributed by atoms with van der Waals surface area (Å²) in [6, 6.07) is 0. The van der Waals surface area contributed by atoms with Crippen LogP contribution in [0, 0.1) is 0 Å². The van der Waals surface area contributed by atoms with Crippen molar-refractivity contribution in [3.63, 3.8) is 0 Å². The van der Waals surface area contributed by atoms with Gasteiger partial charge in [-0.15, -0.1) is 0 Å². The van der Waals surface area contributed by atoms with E-state index in [1.807, 2.05) is 0 Å². The molecular formula is NbO5S-4. The van der Waals surface area contributed by atoms with E-state index in [9.17, 15) is 0 Å². The quantitative estimate of drug-likeness (QED) is 0.273. The van der Waals surface area contributed by atoms with Crippen LogP contribution in [0.5, 0.6) is 0 Å². The molecule has 0 aromatic rings. The van der Waals surface area contributed by atoms with Gasteiger partial charge in [-0.1, -0.05) is 0 Å². The Hall–Kier alpha value is 0.570. The van der Waals surface area contributed by atoms with Gasteiger partial charge in [-0.2, -0.15) is 0 Å². The van der Waals surface area contributed by atoms with Gasteiger partial charge in [-0.05, 0) is 0 Å². The first kappa shape index (κ1) is 15.6. The molecule has 0 spiro atoms. The van der Waals surface area contributed by atoms with Crippen molar-refractivity contribution in [3.05, 3.63) is 0 Å². The number of hydrogen-bond donors (Lipinski definition) is 0. The molecule has 0 atom stereocenters. The average molecular weight is 205 g/mol. The molecule has 0 aliphatic rings. The maximum Gasteiger partial charge on any atom is 0.0311 e. The molecule has 0 bridgehead atoms. The van der Waals surface area contributed by atoms with Crippen molar-refractivity contribution in [2.75, 3.05) is 0 Å². The van der Waals surface area contributed by atoms with Crippen LogP contribution in [0.15, 0.2) is 0 Å². The smallest absolute Gasteiger partial charge is 0.0311 e. The molecule has 7 heavy (non-hydrogen) atoms. The second kappa shape index (κ2) is 4.72. The predicted octanol–water partition coefficient (Wildman–Crippen LogP) is -1.46. The van der Waals surface area contributed by atoms with Gasteiger partial charge >= 0.3 is 0 Å². The summed E-state index contributed by atoms with van der Waals surface area (Å²) in [6.45, 7) is 0. The summed E-state index contributed by atoms with van der Waals surface area (Å²) in [5, 5.41) is 0. The van der Waals surface area contributed by atoms with Crippen LogP contribution in [-0.2, 0) is 38.3 Å². The Bertz CT molecular complexity index is 91.2. The summed E-state index contributed by atoms with van der Waals surface area (Å²) >= 11 is 0. The average Bonchev–Trinajstić information content (AvgIpc) is 0.722. The molecule has 7 heteroatoms. The normalized spacial score (nSPS) is 8.29. The van der Waals surface area contributed by atoms with E-state index in [0.29, 0.717) is 0 Å². The molecule has 0 unspecified atom stereocenters. The SMILES string of the molecule is O=S(=O)([O-])[O-].[Nb].[O-2]. The van der Waals surface area contributed by atoms with E-state index >= 15 is 0 Å². The Morgan fingerprint density at radius 2 is 1.14 bits per heavy atom. The Balaban J connectivity index is -0.0000000800. The van der Waals surface area contributed by atoms with Crippen molar-refractivity contribution in [3.8, 4) is 0 Å². The van der Waals surface area contributed by atoms with Crippen LogP contribution in [0.4, 0.5) is 0 Å². The van der Waals surface area contributed by atoms with Gasteiger partial charge in [-0.25, -0.2) is 0 Å². The van der Waals surface area contributed by atoms with E-state index in [4.69, 9.17) is 17.5 Å². The summed E-state index contributed by atoms with van der Waals surface area (Å²) in [4.78, 5) is 0. The zero-order valence-electron chi connectivity index (χ0n) is 2.90. The third kappa shape index (κ3) is 422. The van der Waals surface area contributed by atoms with E-state index in [2.05, 4.69) is 0 Å². The molecule has 0 aromatic heterocycles. The van der Waals surface area contributed by atoms with E-state index in [1.165, 1.54) is 0 Å². The third-order valence-electron chi connectivity index (χ3n) is 0. The molecule has 0 amide bonds. The first-order valence-corrected chi connectivity index (χ1v) is 2.00. The Morgan fingerprint density at radius 3 is 1.14 bits per heavy atom. The van der Waals surface area contributed by atoms with Gasteiger partial charge < -0.3 is 14.6 Å². The zero-order chi connectivity index (χ0) is 4.50. The van der Waals surface area contributed by atoms with Gasteiger partial charge in [0.05, 0.1) is 0 Å². The van der Waals surface area contributed by atoms with E-state index in [-0.39, 0.29) is 27.9 Å². The van der Waals surface area contributed by atoms with Gasteiger partial charge in [0, 0.05) is 32.8 Å². The molecule has 0 aliphatic carbocycles. The van der Waals surface area contributed by atoms with Crippen molar-refractivity contribution in [1.82, 2.24) is 0 Å². The summed E-state index contributed by atoms with van der Waals surface area (Å²) in [6.07, 6.45) is 0. The van der Waals surface area contributed by atoms with Crippen LogP contribution in [0.2, 0.25) is 0 Å². The molecule has 1 radical (unpaired) electrons. The van der Waals surface area contributed by atoms with E-state index in [1.54, 1.807) is 0 Å². The minimum absolute atomic E-state index is 0. The molecule has 0 N–H and O–H groups in total. The first-order chi connectivity index (χ1) is 2.00. The van der Waals surface area contributed by atoms with Crippen molar-refractivity contribution >= 4 is 10.4 Å². The van der Waals surface area contributed by atoms with Crippen molar-refractivity contribution < 1.29 is 45.4 Å². The maximum atomic E-state index is 8.52. The molecule has 0 aromatic carbocycles. The van der Waals surface area contributed by atoms with E-state index in [0.717, 1.165) is 0 Å². The summed E-state index contributed by atoms with van der Waals surface area (Å²) in [7, 11) is -5.17. The fourth-order valence-electron chi connectivity index (χ4n) is 0. The molecule has 45 valence electrons. The number of hydrogen-bond acceptors (Lipinski definition) is 4. The van der Waals surface area contributed by atoms with Crippen LogP contribution in [0.25, 0.3) is 0 Å². The van der Waals surface area contributed by atoms with Crippen molar-refractivity contribution in [2.24, 2.45) is 0 Å². The van der Waals surface area contributed by atoms with Crippen LogP contribution in [0.1, 0.15) is 0 Å². The van der Waals surface area contributed by atoms with Gasteiger partial charge in [0.15, 0.2) is 0 Å². The predicted molar refractivity (Wildman–Crippen MR) is 11.2 cm³/mol. The minimum atomic E-state index is -5.17. The minimum Gasteiger partial charge on any atom is -2.00 e. The van der Waals surface area contributed by atoms with Crippen LogP contribution in [0.3, 0.4) is 0 Å². The molecule has 0 aliphatic heterocycles. The van der Waals surface area contributed by atoms with Crippen LogP contribution < -0.4 is 0 Å². The topological polar surface area (TPSA) is 109 Å². The monoisotopic (exact) mass is 205 g/mol. The Morgan fingerprint density at radius 1 is 1.14 bits per heavy atom. The Kier molecular flexibility index (Phi) is 10.6. The van der Waals surface area contributed by atoms with Gasteiger partial charge in [0.25, 0.3) is 0 Å². The summed E-state index contributed by atoms with van der Waals surface area (Å²) in [5.74, 6) is 0. The second-order valence-corrected chi connectivity index (χ2v) is 1.22. The summed E-state index contributed by atoms with van der Waals surface area (Å²) < 4.78 is 34.1. The fraction of sp³-hybridized carbons (Fsp3) is 0. The molecule has 0 saturated carbocycles. The molecule has 0 rings (SSSR count). The molecule has 0 saturated heterocycles. The summed E-state index contributed by atoms with van der Waals surface area (Å²) in [5.41, 5.74) is 0. The maximum absolute atomic E-state index is 8.52.